The van der Waals surface area contributed by atoms with Gasteiger partial charge in [0, 0.05) is 29.7 Å². The van der Waals surface area contributed by atoms with Gasteiger partial charge in [-0.15, -0.1) is 0 Å². The van der Waals surface area contributed by atoms with Crippen molar-refractivity contribution in [2.75, 3.05) is 0 Å². The molecule has 0 radical (unpaired) electrons. The fourth-order valence-corrected chi connectivity index (χ4v) is 2.20. The van der Waals surface area contributed by atoms with Gasteiger partial charge in [-0.1, -0.05) is 18.2 Å². The molecule has 0 aliphatic carbocycles. The zero-order valence-corrected chi connectivity index (χ0v) is 12.4. The average Bonchev–Trinajstić information content (AvgIpc) is 3.03. The summed E-state index contributed by atoms with van der Waals surface area (Å²) in [6, 6.07) is 8.96. The number of rotatable bonds is 4. The first-order valence-corrected chi connectivity index (χ1v) is 7.07. The monoisotopic (exact) mass is 334 g/mol. The van der Waals surface area contributed by atoms with Crippen molar-refractivity contribution in [3.05, 3.63) is 55.2 Å². The minimum atomic E-state index is -4.67. The third kappa shape index (κ3) is 3.60. The highest BCUT2D eigenvalue weighted by molar-refractivity contribution is 5.70. The summed E-state index contributed by atoms with van der Waals surface area (Å²) in [4.78, 5) is 7.92. The smallest absolute Gasteiger partial charge is 0.382 e. The molecule has 1 N–H and O–H groups in total. The van der Waals surface area contributed by atoms with Crippen LogP contribution >= 0.6 is 0 Å². The molecule has 0 aliphatic heterocycles. The highest BCUT2D eigenvalue weighted by Gasteiger charge is 2.38. The van der Waals surface area contributed by atoms with Crippen LogP contribution in [0.4, 0.5) is 13.2 Å². The van der Waals surface area contributed by atoms with Gasteiger partial charge < -0.3 is 5.11 Å². The van der Waals surface area contributed by atoms with Crippen LogP contribution in [-0.4, -0.2) is 37.1 Å². The second kappa shape index (κ2) is 6.40. The topological polar surface area (TPSA) is 63.8 Å². The van der Waals surface area contributed by atoms with Crippen molar-refractivity contribution >= 4 is 0 Å². The van der Waals surface area contributed by atoms with Crippen molar-refractivity contribution in [2.45, 2.75) is 18.8 Å². The molecule has 0 saturated heterocycles. The van der Waals surface area contributed by atoms with Crippen LogP contribution in [0.15, 0.2) is 55.2 Å². The van der Waals surface area contributed by atoms with E-state index in [1.54, 1.807) is 24.5 Å². The summed E-state index contributed by atoms with van der Waals surface area (Å²) >= 11 is 0. The van der Waals surface area contributed by atoms with Crippen molar-refractivity contribution in [1.82, 2.24) is 19.7 Å². The van der Waals surface area contributed by atoms with E-state index in [1.165, 1.54) is 12.5 Å². The fourth-order valence-electron chi connectivity index (χ4n) is 2.20. The Labute approximate surface area is 135 Å². The van der Waals surface area contributed by atoms with Crippen LogP contribution in [0.3, 0.4) is 0 Å². The minimum Gasteiger partial charge on any atom is -0.382 e. The molecule has 5 nitrogen and oxygen atoms in total. The van der Waals surface area contributed by atoms with Crippen LogP contribution < -0.4 is 0 Å². The molecule has 0 amide bonds. The van der Waals surface area contributed by atoms with Gasteiger partial charge in [-0.25, -0.2) is 9.97 Å². The lowest BCUT2D eigenvalue weighted by atomic mass is 10.0. The maximum absolute atomic E-state index is 12.4. The lowest BCUT2D eigenvalue weighted by Gasteiger charge is -2.14. The van der Waals surface area contributed by atoms with Crippen LogP contribution in [0, 0.1) is 0 Å². The van der Waals surface area contributed by atoms with E-state index < -0.39 is 18.8 Å². The zero-order chi connectivity index (χ0) is 17.2. The maximum atomic E-state index is 12.4. The van der Waals surface area contributed by atoms with Crippen LogP contribution in [0.5, 0.6) is 0 Å². The molecule has 0 fully saturated rings. The van der Waals surface area contributed by atoms with E-state index in [9.17, 15) is 13.2 Å². The molecule has 3 aromatic rings. The quantitative estimate of drug-likeness (QED) is 0.797. The Hall–Kier alpha value is -2.74. The van der Waals surface area contributed by atoms with Crippen molar-refractivity contribution in [1.29, 1.82) is 0 Å². The van der Waals surface area contributed by atoms with Crippen molar-refractivity contribution < 1.29 is 18.3 Å². The predicted octanol–water partition coefficient (Wildman–Crippen LogP) is 2.93. The number of aromatic nitrogens is 4. The van der Waals surface area contributed by atoms with E-state index in [0.717, 1.165) is 21.4 Å². The predicted molar refractivity (Wildman–Crippen MR) is 80.8 cm³/mol. The van der Waals surface area contributed by atoms with E-state index in [-0.39, 0.29) is 0 Å². The van der Waals surface area contributed by atoms with Crippen molar-refractivity contribution in [3.8, 4) is 22.4 Å². The Bertz CT molecular complexity index is 817. The van der Waals surface area contributed by atoms with E-state index in [0.29, 0.717) is 5.69 Å². The second-order valence-corrected chi connectivity index (χ2v) is 5.19. The third-order valence-electron chi connectivity index (χ3n) is 3.43. The molecule has 2 heterocycles. The molecule has 0 unspecified atom stereocenters. The summed E-state index contributed by atoms with van der Waals surface area (Å²) in [7, 11) is 0. The molecule has 0 spiro atoms. The van der Waals surface area contributed by atoms with Gasteiger partial charge in [-0.3, -0.25) is 4.68 Å². The number of aliphatic hydroxyl groups is 1. The van der Waals surface area contributed by atoms with Crippen LogP contribution in [-0.2, 0) is 6.54 Å². The molecule has 124 valence electrons. The molecule has 8 heteroatoms. The van der Waals surface area contributed by atoms with Crippen molar-refractivity contribution in [3.63, 3.8) is 0 Å². The largest absolute Gasteiger partial charge is 0.416 e. The first kappa shape index (κ1) is 16.1. The lowest BCUT2D eigenvalue weighted by molar-refractivity contribution is -0.208. The maximum Gasteiger partial charge on any atom is 0.416 e. The number of alkyl halides is 3. The Morgan fingerprint density at radius 2 is 1.75 bits per heavy atom. The standard InChI is InChI=1S/C16H13F3N4O/c17-16(18,19)15(24)9-23-5-4-14(22-23)12-3-1-2-11(6-12)13-7-20-10-21-8-13/h1-8,10,15,24H,9H2/t15-/m0/s1. The number of hydrogen-bond donors (Lipinski definition) is 1. The molecule has 0 saturated carbocycles. The summed E-state index contributed by atoms with van der Waals surface area (Å²) in [6.07, 6.45) is -0.935. The van der Waals surface area contributed by atoms with Gasteiger partial charge in [0.15, 0.2) is 6.10 Å². The van der Waals surface area contributed by atoms with E-state index >= 15 is 0 Å². The molecule has 3 rings (SSSR count). The van der Waals surface area contributed by atoms with Gasteiger partial charge in [-0.2, -0.15) is 18.3 Å². The molecule has 1 atom stereocenters. The number of benzene rings is 1. The lowest BCUT2D eigenvalue weighted by Crippen LogP contribution is -2.32. The third-order valence-corrected chi connectivity index (χ3v) is 3.43. The highest BCUT2D eigenvalue weighted by Crippen LogP contribution is 2.25. The average molecular weight is 334 g/mol. The van der Waals surface area contributed by atoms with Gasteiger partial charge in [-0.05, 0) is 17.7 Å². The minimum absolute atomic E-state index is 0.517. The number of halogens is 3. The van der Waals surface area contributed by atoms with E-state index in [4.69, 9.17) is 5.11 Å². The fraction of sp³-hybridized carbons (Fsp3) is 0.188. The van der Waals surface area contributed by atoms with Gasteiger partial charge in [0.05, 0.1) is 12.2 Å². The van der Waals surface area contributed by atoms with Gasteiger partial charge >= 0.3 is 6.18 Å². The molecular formula is C16H13F3N4O. The molecule has 0 aliphatic rings. The first-order valence-electron chi connectivity index (χ1n) is 7.07. The summed E-state index contributed by atoms with van der Waals surface area (Å²) in [5, 5.41) is 13.2. The first-order chi connectivity index (χ1) is 11.4. The SMILES string of the molecule is O[C@@H](Cn1ccc(-c2cccc(-c3cncnc3)c2)n1)C(F)(F)F. The summed E-state index contributed by atoms with van der Waals surface area (Å²) in [6.45, 7) is -0.643. The Balaban J connectivity index is 1.83. The van der Waals surface area contributed by atoms with Gasteiger partial charge in [0.2, 0.25) is 0 Å². The summed E-state index contributed by atoms with van der Waals surface area (Å²) < 4.78 is 38.3. The Morgan fingerprint density at radius 1 is 1.04 bits per heavy atom. The summed E-state index contributed by atoms with van der Waals surface area (Å²) in [5.74, 6) is 0. The Morgan fingerprint density at radius 3 is 2.46 bits per heavy atom. The molecule has 2 aromatic heterocycles. The Kier molecular flexibility index (Phi) is 4.30. The number of aliphatic hydroxyl groups excluding tert-OH is 1. The van der Waals surface area contributed by atoms with Crippen LogP contribution in [0.1, 0.15) is 0 Å². The molecule has 0 bridgehead atoms. The summed E-state index contributed by atoms with van der Waals surface area (Å²) in [5.41, 5.74) is 2.96. The second-order valence-electron chi connectivity index (χ2n) is 5.19. The molecule has 1 aromatic carbocycles. The van der Waals surface area contributed by atoms with E-state index in [2.05, 4.69) is 15.1 Å². The molecular weight excluding hydrogens is 321 g/mol. The molecule has 24 heavy (non-hydrogen) atoms. The van der Waals surface area contributed by atoms with Gasteiger partial charge in [0.1, 0.15) is 6.33 Å². The number of nitrogens with zero attached hydrogens (tertiary/aromatic N) is 4. The zero-order valence-electron chi connectivity index (χ0n) is 12.4. The van der Waals surface area contributed by atoms with Crippen LogP contribution in [0.2, 0.25) is 0 Å². The van der Waals surface area contributed by atoms with E-state index in [1.807, 2.05) is 18.2 Å². The normalized spacial score (nSPS) is 13.0. The van der Waals surface area contributed by atoms with Crippen LogP contribution in [0.25, 0.3) is 22.4 Å². The number of hydrogen-bond acceptors (Lipinski definition) is 4. The highest BCUT2D eigenvalue weighted by atomic mass is 19.4. The van der Waals surface area contributed by atoms with Gasteiger partial charge in [0.25, 0.3) is 0 Å². The van der Waals surface area contributed by atoms with Crippen molar-refractivity contribution in [2.24, 2.45) is 0 Å².